The zero-order valence-corrected chi connectivity index (χ0v) is 10.4. The first-order valence-corrected chi connectivity index (χ1v) is 7.07. The second-order valence-electron chi connectivity index (χ2n) is 3.28. The van der Waals surface area contributed by atoms with Crippen LogP contribution in [0.1, 0.15) is 0 Å². The van der Waals surface area contributed by atoms with Gasteiger partial charge < -0.3 is 10.5 Å². The van der Waals surface area contributed by atoms with Gasteiger partial charge in [0.15, 0.2) is 0 Å². The van der Waals surface area contributed by atoms with E-state index in [1.807, 2.05) is 0 Å². The van der Waals surface area contributed by atoms with Crippen LogP contribution in [-0.2, 0) is 9.84 Å². The molecule has 0 saturated heterocycles. The number of benzene rings is 1. The Morgan fingerprint density at radius 1 is 1.44 bits per heavy atom. The van der Waals surface area contributed by atoms with Gasteiger partial charge in [0.1, 0.15) is 5.75 Å². The molecule has 5 nitrogen and oxygen atoms in total. The van der Waals surface area contributed by atoms with Crippen LogP contribution in [0.25, 0.3) is 10.2 Å². The summed E-state index contributed by atoms with van der Waals surface area (Å²) in [4.78, 5) is 4.02. The molecule has 0 spiro atoms. The number of methoxy groups -OCH3 is 1. The molecule has 0 aliphatic carbocycles. The van der Waals surface area contributed by atoms with Crippen LogP contribution in [-0.4, -0.2) is 26.8 Å². The lowest BCUT2D eigenvalue weighted by atomic mass is 10.3. The number of fused-ring (bicyclic) bond motifs is 1. The molecule has 0 aliphatic heterocycles. The first-order chi connectivity index (χ1) is 7.43. The number of sulfone groups is 1. The van der Waals surface area contributed by atoms with Crippen molar-refractivity contribution in [3.63, 3.8) is 0 Å². The fraction of sp³-hybridized carbons (Fsp3) is 0.222. The lowest BCUT2D eigenvalue weighted by Gasteiger charge is -2.02. The van der Waals surface area contributed by atoms with Crippen LogP contribution >= 0.6 is 11.3 Å². The number of anilines is 1. The van der Waals surface area contributed by atoms with Crippen LogP contribution < -0.4 is 10.5 Å². The Kier molecular flexibility index (Phi) is 2.51. The average Bonchev–Trinajstić information content (AvgIpc) is 2.62. The number of aromatic nitrogens is 1. The second-order valence-corrected chi connectivity index (χ2v) is 6.47. The summed E-state index contributed by atoms with van der Waals surface area (Å²) < 4.78 is 28.5. The van der Waals surface area contributed by atoms with Crippen molar-refractivity contribution >= 4 is 37.1 Å². The van der Waals surface area contributed by atoms with Gasteiger partial charge in [-0.15, -0.1) is 11.3 Å². The van der Waals surface area contributed by atoms with Gasteiger partial charge in [0, 0.05) is 6.26 Å². The maximum absolute atomic E-state index is 11.3. The Labute approximate surface area is 96.8 Å². The van der Waals surface area contributed by atoms with E-state index < -0.39 is 9.84 Å². The number of rotatable bonds is 2. The molecule has 1 aromatic heterocycles. The van der Waals surface area contributed by atoms with Crippen molar-refractivity contribution in [1.29, 1.82) is 0 Å². The number of nitrogens with zero attached hydrogens (tertiary/aromatic N) is 1. The summed E-state index contributed by atoms with van der Waals surface area (Å²) in [7, 11) is -1.78. The summed E-state index contributed by atoms with van der Waals surface area (Å²) >= 11 is 1.06. The van der Waals surface area contributed by atoms with Crippen molar-refractivity contribution in [3.05, 3.63) is 12.1 Å². The molecular weight excluding hydrogens is 248 g/mol. The largest absolute Gasteiger partial charge is 0.495 e. The third kappa shape index (κ3) is 1.72. The van der Waals surface area contributed by atoms with Gasteiger partial charge in [-0.05, 0) is 12.1 Å². The molecule has 0 aliphatic rings. The summed E-state index contributed by atoms with van der Waals surface area (Å²) in [6.45, 7) is 0. The van der Waals surface area contributed by atoms with E-state index in [0.29, 0.717) is 21.7 Å². The van der Waals surface area contributed by atoms with Crippen molar-refractivity contribution < 1.29 is 13.2 Å². The first-order valence-electron chi connectivity index (χ1n) is 4.36. The second kappa shape index (κ2) is 3.60. The molecule has 1 heterocycles. The van der Waals surface area contributed by atoms with Gasteiger partial charge in [0.25, 0.3) is 0 Å². The Morgan fingerprint density at radius 2 is 2.12 bits per heavy atom. The van der Waals surface area contributed by atoms with Crippen molar-refractivity contribution in [2.24, 2.45) is 0 Å². The van der Waals surface area contributed by atoms with Crippen LogP contribution in [0.5, 0.6) is 5.75 Å². The zero-order chi connectivity index (χ0) is 11.9. The predicted molar refractivity (Wildman–Crippen MR) is 63.7 cm³/mol. The first kappa shape index (κ1) is 11.2. The Hall–Kier alpha value is -1.34. The maximum atomic E-state index is 11.3. The van der Waals surface area contributed by atoms with Crippen LogP contribution in [0, 0.1) is 0 Å². The number of nitrogen functional groups attached to an aromatic ring is 1. The summed E-state index contributed by atoms with van der Waals surface area (Å²) in [5, 5.41) is 0. The van der Waals surface area contributed by atoms with E-state index in [0.717, 1.165) is 17.6 Å². The highest BCUT2D eigenvalue weighted by molar-refractivity contribution is 7.92. The Bertz CT molecular complexity index is 646. The zero-order valence-electron chi connectivity index (χ0n) is 8.72. The van der Waals surface area contributed by atoms with Crippen LogP contribution in [0.3, 0.4) is 0 Å². The minimum atomic E-state index is -3.29. The normalized spacial score (nSPS) is 11.9. The van der Waals surface area contributed by atoms with Gasteiger partial charge in [-0.25, -0.2) is 13.4 Å². The number of hydrogen-bond donors (Lipinski definition) is 1. The van der Waals surface area contributed by atoms with Gasteiger partial charge in [0.05, 0.1) is 23.0 Å². The molecule has 1 aromatic carbocycles. The topological polar surface area (TPSA) is 82.3 Å². The summed E-state index contributed by atoms with van der Waals surface area (Å²) in [6.07, 6.45) is 1.12. The van der Waals surface area contributed by atoms with Crippen LogP contribution in [0.4, 0.5) is 5.69 Å². The summed E-state index contributed by atoms with van der Waals surface area (Å²) in [6, 6.07) is 3.36. The molecule has 0 radical (unpaired) electrons. The molecule has 0 amide bonds. The smallest absolute Gasteiger partial charge is 0.210 e. The summed E-state index contributed by atoms with van der Waals surface area (Å²) in [5.74, 6) is 0.524. The number of hydrogen-bond acceptors (Lipinski definition) is 6. The fourth-order valence-corrected chi connectivity index (χ4v) is 3.18. The van der Waals surface area contributed by atoms with Crippen molar-refractivity contribution in [2.75, 3.05) is 19.1 Å². The molecule has 0 fully saturated rings. The monoisotopic (exact) mass is 258 g/mol. The van der Waals surface area contributed by atoms with Crippen molar-refractivity contribution in [3.8, 4) is 5.75 Å². The molecule has 0 atom stereocenters. The molecule has 2 rings (SSSR count). The lowest BCUT2D eigenvalue weighted by Crippen LogP contribution is -1.94. The summed E-state index contributed by atoms with van der Waals surface area (Å²) in [5.41, 5.74) is 6.83. The third-order valence-electron chi connectivity index (χ3n) is 2.07. The molecule has 2 aromatic rings. The lowest BCUT2D eigenvalue weighted by molar-refractivity contribution is 0.417. The SMILES string of the molecule is COc1ccc2nc(S(C)(=O)=O)sc2c1N. The van der Waals surface area contributed by atoms with Gasteiger partial charge in [-0.1, -0.05) is 0 Å². The fourth-order valence-electron chi connectivity index (χ4n) is 1.31. The third-order valence-corrected chi connectivity index (χ3v) is 4.86. The molecule has 0 bridgehead atoms. The molecule has 0 saturated carbocycles. The highest BCUT2D eigenvalue weighted by atomic mass is 32.2. The quantitative estimate of drug-likeness (QED) is 0.821. The number of thiazole rings is 1. The average molecular weight is 258 g/mol. The van der Waals surface area contributed by atoms with E-state index in [4.69, 9.17) is 10.5 Å². The molecular formula is C9H10N2O3S2. The van der Waals surface area contributed by atoms with Gasteiger partial charge in [-0.2, -0.15) is 0 Å². The Balaban J connectivity index is 2.77. The minimum absolute atomic E-state index is 0.0717. The minimum Gasteiger partial charge on any atom is -0.495 e. The van der Waals surface area contributed by atoms with E-state index in [9.17, 15) is 8.42 Å². The highest BCUT2D eigenvalue weighted by Gasteiger charge is 2.16. The van der Waals surface area contributed by atoms with Gasteiger partial charge in [0.2, 0.25) is 14.2 Å². The van der Waals surface area contributed by atoms with E-state index in [2.05, 4.69) is 4.98 Å². The Morgan fingerprint density at radius 3 is 2.69 bits per heavy atom. The molecule has 0 unspecified atom stereocenters. The maximum Gasteiger partial charge on any atom is 0.210 e. The molecule has 16 heavy (non-hydrogen) atoms. The predicted octanol–water partition coefficient (Wildman–Crippen LogP) is 1.29. The van der Waals surface area contributed by atoms with E-state index >= 15 is 0 Å². The molecule has 7 heteroatoms. The van der Waals surface area contributed by atoms with Crippen molar-refractivity contribution in [1.82, 2.24) is 4.98 Å². The van der Waals surface area contributed by atoms with Crippen LogP contribution in [0.15, 0.2) is 16.5 Å². The molecule has 2 N–H and O–H groups in total. The van der Waals surface area contributed by atoms with E-state index in [1.54, 1.807) is 12.1 Å². The highest BCUT2D eigenvalue weighted by Crippen LogP contribution is 2.35. The van der Waals surface area contributed by atoms with Gasteiger partial charge in [-0.3, -0.25) is 0 Å². The molecule has 86 valence electrons. The van der Waals surface area contributed by atoms with Crippen molar-refractivity contribution in [2.45, 2.75) is 4.34 Å². The standard InChI is InChI=1S/C9H10N2O3S2/c1-14-6-4-3-5-8(7(6)10)15-9(11-5)16(2,12)13/h3-4H,10H2,1-2H3. The number of nitrogens with two attached hydrogens (primary N) is 1. The van der Waals surface area contributed by atoms with E-state index in [-0.39, 0.29) is 4.34 Å². The van der Waals surface area contributed by atoms with E-state index in [1.165, 1.54) is 7.11 Å². The van der Waals surface area contributed by atoms with Gasteiger partial charge >= 0.3 is 0 Å². The van der Waals surface area contributed by atoms with Crippen LogP contribution in [0.2, 0.25) is 0 Å². The number of ether oxygens (including phenoxy) is 1.